The third kappa shape index (κ3) is 2.35. The van der Waals surface area contributed by atoms with E-state index in [2.05, 4.69) is 0 Å². The van der Waals surface area contributed by atoms with E-state index in [0.29, 0.717) is 17.1 Å². The molecule has 1 aromatic heterocycles. The molecule has 1 N–H and O–H groups in total. The van der Waals surface area contributed by atoms with Crippen molar-refractivity contribution in [1.29, 1.82) is 0 Å². The first-order chi connectivity index (χ1) is 10.1. The smallest absolute Gasteiger partial charge is 0.352 e. The van der Waals surface area contributed by atoms with E-state index >= 15 is 0 Å². The number of aromatic nitrogens is 1. The Morgan fingerprint density at radius 1 is 1.29 bits per heavy atom. The summed E-state index contributed by atoms with van der Waals surface area (Å²) >= 11 is 0. The Labute approximate surface area is 120 Å². The summed E-state index contributed by atoms with van der Waals surface area (Å²) in [4.78, 5) is 23.4. The summed E-state index contributed by atoms with van der Waals surface area (Å²) in [6, 6.07) is 8.44. The number of hydrogen-bond acceptors (Lipinski definition) is 4. The number of Topliss-reactive ketones (excluding diaryl/α,β-unsaturated/α-hetero) is 1. The topological polar surface area (TPSA) is 77.8 Å². The van der Waals surface area contributed by atoms with E-state index in [1.807, 2.05) is 6.07 Å². The van der Waals surface area contributed by atoms with Crippen LogP contribution in [0.5, 0.6) is 11.5 Å². The second kappa shape index (κ2) is 4.97. The molecule has 0 bridgehead atoms. The zero-order valence-electron chi connectivity index (χ0n) is 11.3. The number of nitrogens with zero attached hydrogens (tertiary/aromatic N) is 1. The number of benzene rings is 1. The van der Waals surface area contributed by atoms with Crippen LogP contribution in [0.3, 0.4) is 0 Å². The predicted octanol–water partition coefficient (Wildman–Crippen LogP) is 1.75. The molecule has 1 unspecified atom stereocenters. The van der Waals surface area contributed by atoms with E-state index < -0.39 is 12.1 Å². The van der Waals surface area contributed by atoms with Crippen LogP contribution in [0.1, 0.15) is 20.8 Å². The molecule has 6 heteroatoms. The maximum atomic E-state index is 12.4. The summed E-state index contributed by atoms with van der Waals surface area (Å²) in [5.74, 6) is -0.271. The third-order valence-electron chi connectivity index (χ3n) is 3.31. The van der Waals surface area contributed by atoms with E-state index in [0.717, 1.165) is 0 Å². The Morgan fingerprint density at radius 3 is 2.67 bits per heavy atom. The average molecular weight is 287 g/mol. The Balaban J connectivity index is 1.84. The summed E-state index contributed by atoms with van der Waals surface area (Å²) in [6.07, 6.45) is 0.708. The highest BCUT2D eigenvalue weighted by molar-refractivity contribution is 6.02. The summed E-state index contributed by atoms with van der Waals surface area (Å²) in [6.45, 7) is 0.104. The van der Waals surface area contributed by atoms with Crippen molar-refractivity contribution < 1.29 is 24.2 Å². The van der Waals surface area contributed by atoms with Gasteiger partial charge in [-0.2, -0.15) is 0 Å². The molecule has 6 nitrogen and oxygen atoms in total. The molecule has 0 saturated carbocycles. The fourth-order valence-electron chi connectivity index (χ4n) is 2.25. The second-order valence-corrected chi connectivity index (χ2v) is 4.76. The van der Waals surface area contributed by atoms with Crippen molar-refractivity contribution in [3.05, 3.63) is 47.8 Å². The molecule has 0 aliphatic carbocycles. The number of rotatable bonds is 3. The fourth-order valence-corrected chi connectivity index (χ4v) is 2.25. The van der Waals surface area contributed by atoms with Gasteiger partial charge in [0.15, 0.2) is 17.6 Å². The third-order valence-corrected chi connectivity index (χ3v) is 3.31. The minimum atomic E-state index is -1.08. The molecular formula is C15H13NO5. The quantitative estimate of drug-likeness (QED) is 0.870. The molecule has 1 aromatic carbocycles. The number of fused-ring (bicyclic) bond motifs is 1. The number of carbonyl (C=O) groups is 2. The first-order valence-electron chi connectivity index (χ1n) is 6.38. The molecule has 21 heavy (non-hydrogen) atoms. The minimum absolute atomic E-state index is 0.0514. The highest BCUT2D eigenvalue weighted by Gasteiger charge is 2.29. The van der Waals surface area contributed by atoms with Gasteiger partial charge in [-0.3, -0.25) is 4.79 Å². The second-order valence-electron chi connectivity index (χ2n) is 4.76. The maximum Gasteiger partial charge on any atom is 0.352 e. The van der Waals surface area contributed by atoms with Gasteiger partial charge in [-0.1, -0.05) is 12.1 Å². The number of carbonyl (C=O) groups excluding carboxylic acids is 1. The van der Waals surface area contributed by atoms with E-state index in [1.165, 1.54) is 16.8 Å². The average Bonchev–Trinajstić information content (AvgIpc) is 2.88. The maximum absolute atomic E-state index is 12.4. The lowest BCUT2D eigenvalue weighted by Gasteiger charge is -2.25. The van der Waals surface area contributed by atoms with Gasteiger partial charge in [0.1, 0.15) is 12.3 Å². The van der Waals surface area contributed by atoms with Crippen molar-refractivity contribution in [2.24, 2.45) is 7.05 Å². The van der Waals surface area contributed by atoms with Crippen molar-refractivity contribution in [1.82, 2.24) is 4.57 Å². The van der Waals surface area contributed by atoms with Gasteiger partial charge in [-0.05, 0) is 18.2 Å². The van der Waals surface area contributed by atoms with E-state index in [-0.39, 0.29) is 18.1 Å². The molecule has 0 spiro atoms. The molecule has 0 amide bonds. The molecule has 108 valence electrons. The van der Waals surface area contributed by atoms with Crippen LogP contribution in [0.15, 0.2) is 36.5 Å². The lowest BCUT2D eigenvalue weighted by Crippen LogP contribution is -2.36. The molecule has 3 rings (SSSR count). The monoisotopic (exact) mass is 287 g/mol. The van der Waals surface area contributed by atoms with Crippen molar-refractivity contribution >= 4 is 11.8 Å². The lowest BCUT2D eigenvalue weighted by molar-refractivity contribution is 0.0586. The molecule has 0 fully saturated rings. The minimum Gasteiger partial charge on any atom is -0.485 e. The molecule has 1 aliphatic heterocycles. The van der Waals surface area contributed by atoms with Crippen LogP contribution >= 0.6 is 0 Å². The zero-order chi connectivity index (χ0) is 15.0. The SMILES string of the molecule is Cn1cc(C(=O)C2COc3ccccc3O2)cc1C(=O)O. The van der Waals surface area contributed by atoms with Gasteiger partial charge in [-0.25, -0.2) is 4.79 Å². The first kappa shape index (κ1) is 13.2. The highest BCUT2D eigenvalue weighted by Crippen LogP contribution is 2.31. The van der Waals surface area contributed by atoms with Crippen molar-refractivity contribution in [3.8, 4) is 11.5 Å². The zero-order valence-corrected chi connectivity index (χ0v) is 11.3. The lowest BCUT2D eigenvalue weighted by atomic mass is 10.1. The van der Waals surface area contributed by atoms with Gasteiger partial charge in [0, 0.05) is 18.8 Å². The number of carboxylic acid groups (broad SMARTS) is 1. The molecule has 1 atom stereocenters. The Morgan fingerprint density at radius 2 is 2.00 bits per heavy atom. The molecule has 2 heterocycles. The summed E-state index contributed by atoms with van der Waals surface area (Å²) in [7, 11) is 1.58. The van der Waals surface area contributed by atoms with Crippen molar-refractivity contribution in [2.75, 3.05) is 6.61 Å². The number of ketones is 1. The number of ether oxygens (including phenoxy) is 2. The van der Waals surface area contributed by atoms with Gasteiger partial charge in [0.25, 0.3) is 0 Å². The van der Waals surface area contributed by atoms with Crippen LogP contribution in [-0.4, -0.2) is 34.1 Å². The van der Waals surface area contributed by atoms with Crippen LogP contribution in [0, 0.1) is 0 Å². The van der Waals surface area contributed by atoms with Crippen molar-refractivity contribution in [2.45, 2.75) is 6.10 Å². The summed E-state index contributed by atoms with van der Waals surface area (Å²) in [5.41, 5.74) is 0.346. The van der Waals surface area contributed by atoms with Gasteiger partial charge >= 0.3 is 5.97 Å². The number of hydrogen-bond donors (Lipinski definition) is 1. The van der Waals surface area contributed by atoms with E-state index in [9.17, 15) is 9.59 Å². The first-order valence-corrected chi connectivity index (χ1v) is 6.38. The van der Waals surface area contributed by atoms with Crippen LogP contribution in [0.25, 0.3) is 0 Å². The van der Waals surface area contributed by atoms with Gasteiger partial charge in [0.2, 0.25) is 5.78 Å². The molecule has 1 aliphatic rings. The fraction of sp³-hybridized carbons (Fsp3) is 0.200. The van der Waals surface area contributed by atoms with Gasteiger partial charge in [0.05, 0.1) is 0 Å². The largest absolute Gasteiger partial charge is 0.485 e. The Bertz CT molecular complexity index is 719. The van der Waals surface area contributed by atoms with Crippen LogP contribution < -0.4 is 9.47 Å². The highest BCUT2D eigenvalue weighted by atomic mass is 16.6. The normalized spacial score (nSPS) is 16.5. The van der Waals surface area contributed by atoms with E-state index in [4.69, 9.17) is 14.6 Å². The number of para-hydroxylation sites is 2. The molecule has 0 saturated heterocycles. The van der Waals surface area contributed by atoms with Gasteiger partial charge < -0.3 is 19.1 Å². The number of aromatic carboxylic acids is 1. The van der Waals surface area contributed by atoms with Gasteiger partial charge in [-0.15, -0.1) is 0 Å². The number of aryl methyl sites for hydroxylation is 1. The Hall–Kier alpha value is -2.76. The molecule has 2 aromatic rings. The Kier molecular flexibility index (Phi) is 3.13. The van der Waals surface area contributed by atoms with E-state index in [1.54, 1.807) is 25.2 Å². The predicted molar refractivity (Wildman–Crippen MR) is 73.1 cm³/mol. The summed E-state index contributed by atoms with van der Waals surface area (Å²) in [5, 5.41) is 9.01. The summed E-state index contributed by atoms with van der Waals surface area (Å²) < 4.78 is 12.5. The van der Waals surface area contributed by atoms with Crippen LogP contribution in [-0.2, 0) is 7.05 Å². The molecular weight excluding hydrogens is 274 g/mol. The van der Waals surface area contributed by atoms with Crippen molar-refractivity contribution in [3.63, 3.8) is 0 Å². The molecule has 0 radical (unpaired) electrons. The van der Waals surface area contributed by atoms with Crippen LogP contribution in [0.2, 0.25) is 0 Å². The number of carboxylic acids is 1. The van der Waals surface area contributed by atoms with Crippen LogP contribution in [0.4, 0.5) is 0 Å². The standard InChI is InChI=1S/C15H13NO5/c1-16-7-9(6-10(16)15(18)19)14(17)13-8-20-11-4-2-3-5-12(11)21-13/h2-7,13H,8H2,1H3,(H,18,19).